The largest absolute Gasteiger partial charge is 0.496 e. The summed E-state index contributed by atoms with van der Waals surface area (Å²) in [6, 6.07) is 8.24. The van der Waals surface area contributed by atoms with Gasteiger partial charge in [0, 0.05) is 11.1 Å². The summed E-state index contributed by atoms with van der Waals surface area (Å²) in [6.07, 6.45) is 3.07. The molecule has 0 radical (unpaired) electrons. The molecule has 0 spiro atoms. The summed E-state index contributed by atoms with van der Waals surface area (Å²) in [7, 11) is 0. The number of rotatable bonds is 2. The van der Waals surface area contributed by atoms with E-state index in [0.717, 1.165) is 18.8 Å². The van der Waals surface area contributed by atoms with E-state index in [4.69, 9.17) is 10.5 Å². The molecule has 82 valence electrons. The Bertz CT molecular complexity index is 544. The molecule has 16 heavy (non-hydrogen) atoms. The third kappa shape index (κ3) is 1.52. The molecule has 1 atom stereocenters. The van der Waals surface area contributed by atoms with E-state index in [9.17, 15) is 0 Å². The van der Waals surface area contributed by atoms with E-state index in [1.165, 1.54) is 15.6 Å². The van der Waals surface area contributed by atoms with Crippen molar-refractivity contribution in [2.45, 2.75) is 12.5 Å². The molecule has 0 bridgehead atoms. The maximum Gasteiger partial charge on any atom is 0.113 e. The van der Waals surface area contributed by atoms with Gasteiger partial charge in [0.05, 0.1) is 12.6 Å². The van der Waals surface area contributed by atoms with Gasteiger partial charge in [-0.05, 0) is 28.5 Å². The number of thiophene rings is 1. The van der Waals surface area contributed by atoms with Gasteiger partial charge in [-0.15, -0.1) is 11.3 Å². The van der Waals surface area contributed by atoms with Crippen LogP contribution in [0.15, 0.2) is 41.5 Å². The minimum Gasteiger partial charge on any atom is -0.496 e. The lowest BCUT2D eigenvalue weighted by Crippen LogP contribution is -2.13. The minimum absolute atomic E-state index is 0.112. The van der Waals surface area contributed by atoms with Gasteiger partial charge < -0.3 is 10.5 Å². The second-order valence-electron chi connectivity index (χ2n) is 3.91. The van der Waals surface area contributed by atoms with E-state index in [2.05, 4.69) is 35.7 Å². The van der Waals surface area contributed by atoms with Crippen molar-refractivity contribution >= 4 is 21.4 Å². The first-order valence-corrected chi connectivity index (χ1v) is 6.29. The van der Waals surface area contributed by atoms with E-state index < -0.39 is 0 Å². The van der Waals surface area contributed by atoms with E-state index in [1.807, 2.05) is 0 Å². The van der Waals surface area contributed by atoms with Gasteiger partial charge in [0.1, 0.15) is 5.76 Å². The summed E-state index contributed by atoms with van der Waals surface area (Å²) in [5.41, 5.74) is 7.40. The molecule has 3 rings (SSSR count). The monoisotopic (exact) mass is 231 g/mol. The highest BCUT2D eigenvalue weighted by molar-refractivity contribution is 7.17. The first kappa shape index (κ1) is 9.87. The van der Waals surface area contributed by atoms with Crippen LogP contribution in [0.3, 0.4) is 0 Å². The lowest BCUT2D eigenvalue weighted by molar-refractivity contribution is 0.225. The number of ether oxygens (including phenoxy) is 1. The Labute approximate surface area is 98.3 Å². The fraction of sp³-hybridized carbons (Fsp3) is 0.231. The summed E-state index contributed by atoms with van der Waals surface area (Å²) in [5.74, 6) is 0.920. The van der Waals surface area contributed by atoms with E-state index in [0.29, 0.717) is 0 Å². The van der Waals surface area contributed by atoms with Gasteiger partial charge in [-0.2, -0.15) is 0 Å². The van der Waals surface area contributed by atoms with Crippen LogP contribution in [0.4, 0.5) is 0 Å². The van der Waals surface area contributed by atoms with Gasteiger partial charge in [0.25, 0.3) is 0 Å². The number of benzene rings is 1. The first-order valence-electron chi connectivity index (χ1n) is 5.41. The van der Waals surface area contributed by atoms with E-state index >= 15 is 0 Å². The maximum atomic E-state index is 6.22. The average Bonchev–Trinajstić information content (AvgIpc) is 2.98. The van der Waals surface area contributed by atoms with Crippen LogP contribution in [0.2, 0.25) is 0 Å². The number of fused-ring (bicyclic) bond motifs is 1. The molecule has 0 saturated heterocycles. The maximum absolute atomic E-state index is 6.22. The van der Waals surface area contributed by atoms with Crippen molar-refractivity contribution in [1.29, 1.82) is 0 Å². The summed E-state index contributed by atoms with van der Waals surface area (Å²) in [6.45, 7) is 0.769. The van der Waals surface area contributed by atoms with E-state index in [1.54, 1.807) is 11.3 Å². The Balaban J connectivity index is 2.05. The van der Waals surface area contributed by atoms with Gasteiger partial charge in [-0.3, -0.25) is 0 Å². The Morgan fingerprint density at radius 2 is 2.19 bits per heavy atom. The molecule has 0 saturated carbocycles. The van der Waals surface area contributed by atoms with Crippen molar-refractivity contribution in [2.24, 2.45) is 5.73 Å². The van der Waals surface area contributed by atoms with Crippen molar-refractivity contribution in [1.82, 2.24) is 0 Å². The van der Waals surface area contributed by atoms with Gasteiger partial charge >= 0.3 is 0 Å². The zero-order valence-electron chi connectivity index (χ0n) is 8.85. The van der Waals surface area contributed by atoms with Crippen molar-refractivity contribution in [3.8, 4) is 0 Å². The van der Waals surface area contributed by atoms with Crippen molar-refractivity contribution in [2.75, 3.05) is 6.61 Å². The molecular weight excluding hydrogens is 218 g/mol. The van der Waals surface area contributed by atoms with Gasteiger partial charge in [0.15, 0.2) is 0 Å². The lowest BCUT2D eigenvalue weighted by atomic mass is 10.0. The van der Waals surface area contributed by atoms with Gasteiger partial charge in [-0.25, -0.2) is 0 Å². The van der Waals surface area contributed by atoms with Crippen molar-refractivity contribution in [3.63, 3.8) is 0 Å². The normalized spacial score (nSPS) is 17.2. The van der Waals surface area contributed by atoms with Crippen molar-refractivity contribution in [3.05, 3.63) is 47.0 Å². The molecule has 2 nitrogen and oxygen atoms in total. The van der Waals surface area contributed by atoms with Crippen LogP contribution >= 0.6 is 11.3 Å². The van der Waals surface area contributed by atoms with Crippen molar-refractivity contribution < 1.29 is 4.74 Å². The Morgan fingerprint density at radius 3 is 3.00 bits per heavy atom. The quantitative estimate of drug-likeness (QED) is 0.861. The zero-order valence-corrected chi connectivity index (χ0v) is 9.67. The highest BCUT2D eigenvalue weighted by Gasteiger charge is 2.19. The van der Waals surface area contributed by atoms with Gasteiger partial charge in [-0.1, -0.05) is 18.2 Å². The predicted octanol–water partition coefficient (Wildman–Crippen LogP) is 3.21. The summed E-state index contributed by atoms with van der Waals surface area (Å²) in [4.78, 5) is 0. The van der Waals surface area contributed by atoms with Crippen LogP contribution in [-0.2, 0) is 4.74 Å². The molecule has 0 amide bonds. The predicted molar refractivity (Wildman–Crippen MR) is 67.4 cm³/mol. The Kier molecular flexibility index (Phi) is 2.42. The molecule has 0 aliphatic carbocycles. The molecular formula is C13H13NOS. The molecule has 2 heterocycles. The lowest BCUT2D eigenvalue weighted by Gasteiger charge is -2.12. The molecule has 2 N–H and O–H groups in total. The second kappa shape index (κ2) is 3.92. The number of hydrogen-bond donors (Lipinski definition) is 1. The summed E-state index contributed by atoms with van der Waals surface area (Å²) in [5, 5.41) is 3.38. The van der Waals surface area contributed by atoms with E-state index in [-0.39, 0.29) is 6.04 Å². The van der Waals surface area contributed by atoms with Crippen LogP contribution in [0, 0.1) is 0 Å². The summed E-state index contributed by atoms with van der Waals surface area (Å²) < 4.78 is 6.81. The number of nitrogens with two attached hydrogens (primary N) is 1. The van der Waals surface area contributed by atoms with Crippen LogP contribution in [0.25, 0.3) is 10.1 Å². The average molecular weight is 231 g/mol. The Morgan fingerprint density at radius 1 is 1.31 bits per heavy atom. The SMILES string of the molecule is NC(C1=CCCO1)c1csc2ccccc12. The second-order valence-corrected chi connectivity index (χ2v) is 4.82. The Hall–Kier alpha value is -1.32. The highest BCUT2D eigenvalue weighted by atomic mass is 32.1. The topological polar surface area (TPSA) is 35.2 Å². The molecule has 1 unspecified atom stereocenters. The number of hydrogen-bond acceptors (Lipinski definition) is 3. The third-order valence-electron chi connectivity index (χ3n) is 2.88. The molecule has 1 aromatic carbocycles. The highest BCUT2D eigenvalue weighted by Crippen LogP contribution is 2.33. The molecule has 1 aromatic heterocycles. The fourth-order valence-electron chi connectivity index (χ4n) is 2.05. The molecule has 2 aromatic rings. The summed E-state index contributed by atoms with van der Waals surface area (Å²) >= 11 is 1.74. The van der Waals surface area contributed by atoms with Crippen LogP contribution in [-0.4, -0.2) is 6.61 Å². The molecule has 0 fully saturated rings. The zero-order chi connectivity index (χ0) is 11.0. The molecule has 1 aliphatic heterocycles. The standard InChI is InChI=1S/C13H13NOS/c14-13(11-5-3-7-15-11)10-8-16-12-6-2-1-4-9(10)12/h1-2,4-6,8,13H,3,7,14H2. The molecule has 3 heteroatoms. The van der Waals surface area contributed by atoms with Crippen LogP contribution in [0.5, 0.6) is 0 Å². The molecule has 1 aliphatic rings. The van der Waals surface area contributed by atoms with Crippen LogP contribution in [0.1, 0.15) is 18.0 Å². The van der Waals surface area contributed by atoms with Gasteiger partial charge in [0.2, 0.25) is 0 Å². The smallest absolute Gasteiger partial charge is 0.113 e. The fourth-order valence-corrected chi connectivity index (χ4v) is 3.04. The van der Waals surface area contributed by atoms with Crippen LogP contribution < -0.4 is 5.73 Å². The third-order valence-corrected chi connectivity index (χ3v) is 3.87. The first-order chi connectivity index (χ1) is 7.86. The minimum atomic E-state index is -0.112.